The van der Waals surface area contributed by atoms with Gasteiger partial charge in [0.2, 0.25) is 0 Å². The molecule has 0 aliphatic rings. The summed E-state index contributed by atoms with van der Waals surface area (Å²) < 4.78 is 0. The van der Waals surface area contributed by atoms with Gasteiger partial charge in [-0.2, -0.15) is 0 Å². The highest BCUT2D eigenvalue weighted by atomic mass is 127. The second kappa shape index (κ2) is 13.9. The fraction of sp³-hybridized carbons (Fsp3) is 0. The van der Waals surface area contributed by atoms with Crippen molar-refractivity contribution in [2.45, 2.75) is 0 Å². The Kier molecular flexibility index (Phi) is 10.1. The fourth-order valence-corrected chi connectivity index (χ4v) is 8.42. The molecule has 0 aliphatic carbocycles. The maximum atomic E-state index is 14.0. The van der Waals surface area contributed by atoms with E-state index in [9.17, 15) is 9.59 Å². The molecule has 41 heavy (non-hydrogen) atoms. The van der Waals surface area contributed by atoms with E-state index in [4.69, 9.17) is 5.73 Å². The first-order valence-corrected chi connectivity index (χ1v) is 14.7. The van der Waals surface area contributed by atoms with Gasteiger partial charge in [0.05, 0.1) is 11.4 Å². The van der Waals surface area contributed by atoms with Crippen molar-refractivity contribution >= 4 is 46.4 Å². The van der Waals surface area contributed by atoms with Gasteiger partial charge in [-0.15, -0.1) is 0 Å². The lowest BCUT2D eigenvalue weighted by molar-refractivity contribution is -0.113. The number of nitrogens with two attached hydrogens (primary N) is 1. The van der Waals surface area contributed by atoms with Crippen LogP contribution in [0.3, 0.4) is 0 Å². The van der Waals surface area contributed by atoms with E-state index in [0.29, 0.717) is 16.9 Å². The van der Waals surface area contributed by atoms with Gasteiger partial charge in [-0.3, -0.25) is 9.59 Å². The molecule has 0 saturated heterocycles. The van der Waals surface area contributed by atoms with Gasteiger partial charge in [-0.25, -0.2) is 0 Å². The Balaban J connectivity index is 0.00000387. The third-order valence-corrected chi connectivity index (χ3v) is 10.5. The first kappa shape index (κ1) is 29.7. The highest BCUT2D eigenvalue weighted by Gasteiger charge is 2.45. The Labute approximate surface area is 257 Å². The molecular weight excluding hydrogens is 640 g/mol. The summed E-state index contributed by atoms with van der Waals surface area (Å²) in [6.07, 6.45) is 0. The fourth-order valence-electron chi connectivity index (χ4n) is 4.59. The van der Waals surface area contributed by atoms with Gasteiger partial charge in [-0.1, -0.05) is 84.9 Å². The predicted octanol–water partition coefficient (Wildman–Crippen LogP) is 2.48. The minimum atomic E-state index is -2.60. The lowest BCUT2D eigenvalue weighted by atomic mass is 10.2. The van der Waals surface area contributed by atoms with Crippen LogP contribution in [0.25, 0.3) is 0 Å². The summed E-state index contributed by atoms with van der Waals surface area (Å²) in [5, 5.41) is 8.99. The Bertz CT molecular complexity index is 1530. The van der Waals surface area contributed by atoms with Crippen molar-refractivity contribution < 1.29 is 33.6 Å². The van der Waals surface area contributed by atoms with E-state index >= 15 is 0 Å². The van der Waals surface area contributed by atoms with Gasteiger partial charge in [0.25, 0.3) is 11.8 Å². The molecule has 5 aromatic carbocycles. The van der Waals surface area contributed by atoms with Crippen molar-refractivity contribution in [2.24, 2.45) is 0 Å². The van der Waals surface area contributed by atoms with E-state index in [0.717, 1.165) is 15.9 Å². The number of nitrogen functional groups attached to an aromatic ring is 1. The van der Waals surface area contributed by atoms with E-state index in [1.54, 1.807) is 48.5 Å². The molecule has 0 heterocycles. The molecule has 5 rings (SSSR count). The van der Waals surface area contributed by atoms with E-state index < -0.39 is 13.2 Å². The summed E-state index contributed by atoms with van der Waals surface area (Å²) in [5.74, 6) is 1.10. The Hall–Kier alpha value is -4.26. The van der Waals surface area contributed by atoms with E-state index in [1.165, 1.54) is 0 Å². The van der Waals surface area contributed by atoms with Crippen molar-refractivity contribution in [1.29, 1.82) is 0 Å². The summed E-state index contributed by atoms with van der Waals surface area (Å²) in [6.45, 7) is 0. The van der Waals surface area contributed by atoms with Gasteiger partial charge in [0.1, 0.15) is 34.7 Å². The predicted molar refractivity (Wildman–Crippen MR) is 167 cm³/mol. The highest BCUT2D eigenvalue weighted by molar-refractivity contribution is 7.98. The van der Waals surface area contributed by atoms with Crippen LogP contribution in [0.4, 0.5) is 11.4 Å². The van der Waals surface area contributed by atoms with Gasteiger partial charge in [-0.05, 0) is 60.7 Å². The van der Waals surface area contributed by atoms with Crippen molar-refractivity contribution in [3.63, 3.8) is 0 Å². The number of rotatable bonds is 8. The smallest absolute Gasteiger partial charge is 0.275 e. The van der Waals surface area contributed by atoms with Gasteiger partial charge in [0.15, 0.2) is 0 Å². The molecule has 204 valence electrons. The summed E-state index contributed by atoms with van der Waals surface area (Å²) in [6, 6.07) is 46.3. The number of nitrogens with one attached hydrogen (secondary N) is 2. The Morgan fingerprint density at radius 3 is 1.46 bits per heavy atom. The maximum Gasteiger partial charge on any atom is 0.275 e. The summed E-state index contributed by atoms with van der Waals surface area (Å²) >= 11 is 0. The number of hydrogen-bond acceptors (Lipinski definition) is 3. The third-order valence-electron chi connectivity index (χ3n) is 6.55. The number of carbonyl (C=O) groups excluding carboxylic acids is 2. The average molecular weight is 670 g/mol. The van der Waals surface area contributed by atoms with Crippen molar-refractivity contribution in [3.05, 3.63) is 163 Å². The molecule has 5 nitrogen and oxygen atoms in total. The zero-order valence-electron chi connectivity index (χ0n) is 22.2. The molecule has 0 unspecified atom stereocenters. The Morgan fingerprint density at radius 1 is 0.585 bits per heavy atom. The molecule has 0 spiro atoms. The average Bonchev–Trinajstić information content (AvgIpc) is 3.02. The first-order chi connectivity index (χ1) is 19.6. The number of amides is 2. The minimum absolute atomic E-state index is 0. The summed E-state index contributed by atoms with van der Waals surface area (Å²) in [5.41, 5.74) is 7.63. The van der Waals surface area contributed by atoms with Crippen LogP contribution in [-0.4, -0.2) is 11.8 Å². The molecule has 0 bridgehead atoms. The number of carbonyl (C=O) groups is 2. The second-order valence-electron chi connectivity index (χ2n) is 9.13. The molecule has 7 heteroatoms. The van der Waals surface area contributed by atoms with Crippen molar-refractivity contribution in [3.8, 4) is 0 Å². The summed E-state index contributed by atoms with van der Waals surface area (Å²) in [4.78, 5) is 27.4. The van der Waals surface area contributed by atoms with Crippen LogP contribution in [0.15, 0.2) is 157 Å². The van der Waals surface area contributed by atoms with Crippen LogP contribution < -0.4 is 56.3 Å². The van der Waals surface area contributed by atoms with E-state index in [2.05, 4.69) is 47.0 Å². The van der Waals surface area contributed by atoms with Crippen LogP contribution in [0.1, 0.15) is 10.4 Å². The quantitative estimate of drug-likeness (QED) is 0.103. The van der Waals surface area contributed by atoms with Gasteiger partial charge in [0, 0.05) is 5.56 Å². The van der Waals surface area contributed by atoms with E-state index in [-0.39, 0.29) is 35.6 Å². The standard InChI is InChI=1S/C34H28N3O2P.HI/c35-30-23-13-14-24-31(30)36-34(39)32(37-33(38)26-15-5-1-6-16-26)25-40(27-17-7-2-8-18-27,28-19-9-3-10-20-28)29-21-11-4-12-22-29;/h1-25H,35H2,(H-,36,37,38,39);1H. The van der Waals surface area contributed by atoms with Crippen LogP contribution in [-0.2, 0) is 4.79 Å². The number of benzene rings is 5. The second-order valence-corrected chi connectivity index (χ2v) is 12.4. The van der Waals surface area contributed by atoms with Crippen LogP contribution in [0, 0.1) is 0 Å². The molecule has 0 saturated carbocycles. The molecule has 0 aliphatic heterocycles. The van der Waals surface area contributed by atoms with Crippen LogP contribution in [0.2, 0.25) is 0 Å². The highest BCUT2D eigenvalue weighted by Crippen LogP contribution is 2.57. The number of hydrogen-bond donors (Lipinski definition) is 3. The molecule has 0 atom stereocenters. The lowest BCUT2D eigenvalue weighted by Gasteiger charge is -2.25. The zero-order valence-corrected chi connectivity index (χ0v) is 25.2. The molecule has 2 amide bonds. The first-order valence-electron chi connectivity index (χ1n) is 12.9. The van der Waals surface area contributed by atoms with Crippen molar-refractivity contribution in [2.75, 3.05) is 11.1 Å². The summed E-state index contributed by atoms with van der Waals surface area (Å²) in [7, 11) is -2.60. The maximum absolute atomic E-state index is 14.0. The zero-order chi connectivity index (χ0) is 27.8. The van der Waals surface area contributed by atoms with Crippen molar-refractivity contribution in [1.82, 2.24) is 5.32 Å². The number of para-hydroxylation sites is 2. The molecule has 5 aromatic rings. The molecule has 0 aromatic heterocycles. The van der Waals surface area contributed by atoms with E-state index in [1.807, 2.05) is 66.5 Å². The topological polar surface area (TPSA) is 84.2 Å². The monoisotopic (exact) mass is 669 g/mol. The van der Waals surface area contributed by atoms with Crippen LogP contribution in [0.5, 0.6) is 0 Å². The molecule has 4 N–H and O–H groups in total. The molecule has 0 radical (unpaired) electrons. The van der Waals surface area contributed by atoms with Gasteiger partial charge >= 0.3 is 0 Å². The Morgan fingerprint density at radius 2 is 1.00 bits per heavy atom. The third kappa shape index (κ3) is 6.73. The minimum Gasteiger partial charge on any atom is -1.00 e. The van der Waals surface area contributed by atoms with Crippen LogP contribution >= 0.6 is 7.26 Å². The normalized spacial score (nSPS) is 11.2. The van der Waals surface area contributed by atoms with Gasteiger partial charge < -0.3 is 40.3 Å². The number of halogens is 1. The lowest BCUT2D eigenvalue weighted by Crippen LogP contribution is -3.00. The largest absolute Gasteiger partial charge is 1.00 e. The SMILES string of the molecule is Nc1ccccc1NC(=O)C(=C[P+](c1ccccc1)(c1ccccc1)c1ccccc1)NC(=O)c1ccccc1.[I-]. The molecule has 0 fully saturated rings. The number of anilines is 2. The molecular formula is C34H29IN3O2P.